The standard InChI is InChI=1S/C10H12N2O3/c11-3-4-12-9(13)7-5-1-2-6(15-5)8(7)10(12)14/h1-2,5-8H,3-4,11H2/t5-,6+,7-,8+. The van der Waals surface area contributed by atoms with Crippen LogP contribution < -0.4 is 5.73 Å². The summed E-state index contributed by atoms with van der Waals surface area (Å²) in [6.45, 7) is 0.643. The highest BCUT2D eigenvalue weighted by molar-refractivity contribution is 6.06. The third-order valence-electron chi connectivity index (χ3n) is 3.35. The second-order valence-corrected chi connectivity index (χ2v) is 4.12. The lowest BCUT2D eigenvalue weighted by Crippen LogP contribution is -2.37. The number of ether oxygens (including phenoxy) is 1. The Bertz CT molecular complexity index is 336. The number of nitrogens with zero attached hydrogens (tertiary/aromatic N) is 1. The van der Waals surface area contributed by atoms with Gasteiger partial charge >= 0.3 is 0 Å². The van der Waals surface area contributed by atoms with Crippen LogP contribution in [0.1, 0.15) is 0 Å². The molecule has 0 aromatic carbocycles. The molecule has 5 nitrogen and oxygen atoms in total. The maximum atomic E-state index is 11.9. The minimum Gasteiger partial charge on any atom is -0.365 e. The van der Waals surface area contributed by atoms with Crippen LogP contribution >= 0.6 is 0 Å². The molecule has 2 fully saturated rings. The molecule has 3 heterocycles. The third-order valence-corrected chi connectivity index (χ3v) is 3.35. The first-order valence-electron chi connectivity index (χ1n) is 5.13. The second kappa shape index (κ2) is 2.90. The number of hydrogen-bond donors (Lipinski definition) is 1. The van der Waals surface area contributed by atoms with Crippen LogP contribution in [-0.4, -0.2) is 42.0 Å². The van der Waals surface area contributed by atoms with Crippen LogP contribution in [0.5, 0.6) is 0 Å². The highest BCUT2D eigenvalue weighted by Crippen LogP contribution is 2.44. The topological polar surface area (TPSA) is 72.6 Å². The van der Waals surface area contributed by atoms with E-state index in [0.29, 0.717) is 13.1 Å². The molecule has 0 aromatic heterocycles. The fourth-order valence-corrected chi connectivity index (χ4v) is 2.71. The molecule has 0 spiro atoms. The lowest BCUT2D eigenvalue weighted by molar-refractivity contribution is -0.142. The Hall–Kier alpha value is -1.20. The number of carbonyl (C=O) groups is 2. The fraction of sp³-hybridized carbons (Fsp3) is 0.600. The van der Waals surface area contributed by atoms with Crippen molar-refractivity contribution >= 4 is 11.8 Å². The Balaban J connectivity index is 1.93. The Labute approximate surface area is 86.9 Å². The summed E-state index contributed by atoms with van der Waals surface area (Å²) >= 11 is 0. The van der Waals surface area contributed by atoms with E-state index in [0.717, 1.165) is 0 Å². The number of hydrogen-bond acceptors (Lipinski definition) is 4. The summed E-state index contributed by atoms with van der Waals surface area (Å²) in [7, 11) is 0. The van der Waals surface area contributed by atoms with E-state index in [-0.39, 0.29) is 35.9 Å². The molecular formula is C10H12N2O3. The van der Waals surface area contributed by atoms with E-state index in [9.17, 15) is 9.59 Å². The maximum Gasteiger partial charge on any atom is 0.236 e. The molecule has 2 saturated heterocycles. The first kappa shape index (κ1) is 9.06. The monoisotopic (exact) mass is 208 g/mol. The van der Waals surface area contributed by atoms with E-state index in [1.54, 1.807) is 0 Å². The number of rotatable bonds is 2. The highest BCUT2D eigenvalue weighted by atomic mass is 16.5. The zero-order chi connectivity index (χ0) is 10.6. The molecule has 3 aliphatic heterocycles. The van der Waals surface area contributed by atoms with Crippen LogP contribution in [0.4, 0.5) is 0 Å². The van der Waals surface area contributed by atoms with E-state index in [4.69, 9.17) is 10.5 Å². The maximum absolute atomic E-state index is 11.9. The summed E-state index contributed by atoms with van der Waals surface area (Å²) in [5.41, 5.74) is 5.38. The number of fused-ring (bicyclic) bond motifs is 5. The van der Waals surface area contributed by atoms with E-state index >= 15 is 0 Å². The van der Waals surface area contributed by atoms with Gasteiger partial charge in [0.15, 0.2) is 0 Å². The molecular weight excluding hydrogens is 196 g/mol. The van der Waals surface area contributed by atoms with Crippen molar-refractivity contribution in [2.24, 2.45) is 17.6 Å². The van der Waals surface area contributed by atoms with Gasteiger partial charge in [-0.25, -0.2) is 0 Å². The van der Waals surface area contributed by atoms with Gasteiger partial charge in [0.05, 0.1) is 24.0 Å². The van der Waals surface area contributed by atoms with Gasteiger partial charge in [-0.1, -0.05) is 12.2 Å². The van der Waals surface area contributed by atoms with Crippen LogP contribution in [-0.2, 0) is 14.3 Å². The molecule has 80 valence electrons. The molecule has 2 amide bonds. The predicted molar refractivity (Wildman–Crippen MR) is 50.6 cm³/mol. The number of likely N-dealkylation sites (tertiary alicyclic amines) is 1. The molecule has 3 aliphatic rings. The molecule has 5 heteroatoms. The summed E-state index contributed by atoms with van der Waals surface area (Å²) in [5, 5.41) is 0. The number of carbonyl (C=O) groups excluding carboxylic acids is 2. The van der Waals surface area contributed by atoms with Crippen molar-refractivity contribution in [1.29, 1.82) is 0 Å². The molecule has 3 rings (SSSR count). The minimum atomic E-state index is -0.293. The smallest absolute Gasteiger partial charge is 0.236 e. The zero-order valence-electron chi connectivity index (χ0n) is 8.13. The van der Waals surface area contributed by atoms with Crippen LogP contribution in [0.25, 0.3) is 0 Å². The Morgan fingerprint density at radius 3 is 2.20 bits per heavy atom. The van der Waals surface area contributed by atoms with Crippen molar-refractivity contribution in [2.45, 2.75) is 12.2 Å². The Kier molecular flexibility index (Phi) is 1.75. The SMILES string of the molecule is NCCN1C(=O)[C@@H]2[C@H](C1=O)[C@H]1C=C[C@@H]2O1. The molecule has 0 radical (unpaired) electrons. The van der Waals surface area contributed by atoms with Crippen molar-refractivity contribution in [3.63, 3.8) is 0 Å². The van der Waals surface area contributed by atoms with Crippen LogP contribution in [0.15, 0.2) is 12.2 Å². The lowest BCUT2D eigenvalue weighted by Gasteiger charge is -2.15. The highest BCUT2D eigenvalue weighted by Gasteiger charge is 2.60. The van der Waals surface area contributed by atoms with Gasteiger partial charge in [-0.15, -0.1) is 0 Å². The van der Waals surface area contributed by atoms with Crippen molar-refractivity contribution in [3.05, 3.63) is 12.2 Å². The predicted octanol–water partition coefficient (Wildman–Crippen LogP) is -1.12. The Morgan fingerprint density at radius 2 is 1.73 bits per heavy atom. The van der Waals surface area contributed by atoms with E-state index < -0.39 is 0 Å². The van der Waals surface area contributed by atoms with Gasteiger partial charge < -0.3 is 10.5 Å². The van der Waals surface area contributed by atoms with Gasteiger partial charge in [0.2, 0.25) is 11.8 Å². The average Bonchev–Trinajstić information content (AvgIpc) is 2.87. The molecule has 4 atom stereocenters. The average molecular weight is 208 g/mol. The van der Waals surface area contributed by atoms with Gasteiger partial charge in [0.1, 0.15) is 0 Å². The molecule has 2 N–H and O–H groups in total. The van der Waals surface area contributed by atoms with Gasteiger partial charge in [0.25, 0.3) is 0 Å². The van der Waals surface area contributed by atoms with Gasteiger partial charge in [-0.3, -0.25) is 14.5 Å². The summed E-state index contributed by atoms with van der Waals surface area (Å²) in [5.74, 6) is -0.822. The first-order valence-corrected chi connectivity index (χ1v) is 5.13. The van der Waals surface area contributed by atoms with E-state index in [1.165, 1.54) is 4.90 Å². The van der Waals surface area contributed by atoms with Crippen molar-refractivity contribution < 1.29 is 14.3 Å². The van der Waals surface area contributed by atoms with Crippen molar-refractivity contribution in [1.82, 2.24) is 4.90 Å². The fourth-order valence-electron chi connectivity index (χ4n) is 2.71. The van der Waals surface area contributed by atoms with Crippen molar-refractivity contribution in [2.75, 3.05) is 13.1 Å². The number of amides is 2. The number of imide groups is 1. The normalized spacial score (nSPS) is 41.8. The Morgan fingerprint density at radius 1 is 1.20 bits per heavy atom. The number of nitrogens with two attached hydrogens (primary N) is 1. The van der Waals surface area contributed by atoms with E-state index in [2.05, 4.69) is 0 Å². The largest absolute Gasteiger partial charge is 0.365 e. The first-order chi connectivity index (χ1) is 7.24. The summed E-state index contributed by atoms with van der Waals surface area (Å²) in [6.07, 6.45) is 3.37. The zero-order valence-corrected chi connectivity index (χ0v) is 8.13. The minimum absolute atomic E-state index is 0.118. The summed E-state index contributed by atoms with van der Waals surface area (Å²) < 4.78 is 5.50. The van der Waals surface area contributed by atoms with Crippen LogP contribution in [0.2, 0.25) is 0 Å². The lowest BCUT2D eigenvalue weighted by atomic mass is 9.85. The van der Waals surface area contributed by atoms with Gasteiger partial charge in [0, 0.05) is 13.1 Å². The van der Waals surface area contributed by atoms with Gasteiger partial charge in [-0.05, 0) is 0 Å². The van der Waals surface area contributed by atoms with Crippen LogP contribution in [0.3, 0.4) is 0 Å². The molecule has 0 aromatic rings. The molecule has 2 bridgehead atoms. The van der Waals surface area contributed by atoms with Crippen LogP contribution in [0, 0.1) is 11.8 Å². The third kappa shape index (κ3) is 0.992. The van der Waals surface area contributed by atoms with Crippen molar-refractivity contribution in [3.8, 4) is 0 Å². The molecule has 0 saturated carbocycles. The summed E-state index contributed by atoms with van der Waals surface area (Å²) in [6, 6.07) is 0. The summed E-state index contributed by atoms with van der Waals surface area (Å²) in [4.78, 5) is 25.1. The molecule has 0 aliphatic carbocycles. The molecule has 15 heavy (non-hydrogen) atoms. The van der Waals surface area contributed by atoms with Gasteiger partial charge in [-0.2, -0.15) is 0 Å². The quantitative estimate of drug-likeness (QED) is 0.461. The molecule has 0 unspecified atom stereocenters. The second-order valence-electron chi connectivity index (χ2n) is 4.12. The van der Waals surface area contributed by atoms with E-state index in [1.807, 2.05) is 12.2 Å².